The molecule has 1 aromatic rings. The molecule has 2 fully saturated rings. The number of anilines is 1. The number of carboxylic acids is 1. The van der Waals surface area contributed by atoms with E-state index in [-0.39, 0.29) is 17.7 Å². The number of piperazine rings is 1. The van der Waals surface area contributed by atoms with Gasteiger partial charge in [0.05, 0.1) is 13.0 Å². The highest BCUT2D eigenvalue weighted by molar-refractivity contribution is 5.86. The molecule has 1 amide bonds. The molecule has 0 N–H and O–H groups in total. The minimum atomic E-state index is -1.09. The van der Waals surface area contributed by atoms with Gasteiger partial charge >= 0.3 is 0 Å². The predicted molar refractivity (Wildman–Crippen MR) is 94.5 cm³/mol. The van der Waals surface area contributed by atoms with Gasteiger partial charge in [0.25, 0.3) is 0 Å². The van der Waals surface area contributed by atoms with Gasteiger partial charge in [-0.1, -0.05) is 12.2 Å². The molecular weight excluding hydrogens is 332 g/mol. The molecule has 138 valence electrons. The van der Waals surface area contributed by atoms with Crippen LogP contribution >= 0.6 is 0 Å². The summed E-state index contributed by atoms with van der Waals surface area (Å²) in [6.07, 6.45) is 4.72. The van der Waals surface area contributed by atoms with E-state index in [1.807, 2.05) is 41.3 Å². The molecule has 0 spiro atoms. The molecule has 3 aliphatic rings. The highest BCUT2D eigenvalue weighted by Crippen LogP contribution is 2.48. The zero-order chi connectivity index (χ0) is 18.3. The lowest BCUT2D eigenvalue weighted by atomic mass is 9.82. The van der Waals surface area contributed by atoms with Crippen LogP contribution in [-0.4, -0.2) is 50.1 Å². The molecule has 2 bridgehead atoms. The van der Waals surface area contributed by atoms with Crippen molar-refractivity contribution in [3.8, 4) is 5.75 Å². The number of rotatable bonds is 4. The zero-order valence-electron chi connectivity index (χ0n) is 14.8. The van der Waals surface area contributed by atoms with Crippen LogP contribution in [0, 0.1) is 23.7 Å². The van der Waals surface area contributed by atoms with Crippen molar-refractivity contribution in [2.24, 2.45) is 23.7 Å². The third kappa shape index (κ3) is 2.83. The first-order chi connectivity index (χ1) is 12.6. The third-order valence-corrected chi connectivity index (χ3v) is 6.05. The summed E-state index contributed by atoms with van der Waals surface area (Å²) in [4.78, 5) is 28.6. The summed E-state index contributed by atoms with van der Waals surface area (Å²) in [5.74, 6) is -1.41. The Morgan fingerprint density at radius 1 is 1.00 bits per heavy atom. The summed E-state index contributed by atoms with van der Waals surface area (Å²) >= 11 is 0. The quantitative estimate of drug-likeness (QED) is 0.737. The zero-order valence-corrected chi connectivity index (χ0v) is 14.8. The first kappa shape index (κ1) is 16.9. The topological polar surface area (TPSA) is 72.9 Å². The van der Waals surface area contributed by atoms with Crippen molar-refractivity contribution in [1.82, 2.24) is 4.90 Å². The van der Waals surface area contributed by atoms with Crippen molar-refractivity contribution >= 4 is 17.6 Å². The number of hydrogen-bond acceptors (Lipinski definition) is 5. The smallest absolute Gasteiger partial charge is 0.227 e. The molecule has 6 heteroatoms. The summed E-state index contributed by atoms with van der Waals surface area (Å²) in [5, 5.41) is 11.5. The van der Waals surface area contributed by atoms with Crippen molar-refractivity contribution in [3.05, 3.63) is 36.4 Å². The lowest BCUT2D eigenvalue weighted by molar-refractivity contribution is -0.313. The Bertz CT molecular complexity index is 722. The lowest BCUT2D eigenvalue weighted by Gasteiger charge is -2.39. The number of allylic oxidation sites excluding steroid dienone is 2. The lowest BCUT2D eigenvalue weighted by Crippen LogP contribution is -2.53. The number of aliphatic carboxylic acids is 1. The number of carboxylic acid groups (broad SMARTS) is 1. The molecule has 4 rings (SSSR count). The molecule has 0 radical (unpaired) electrons. The SMILES string of the molecule is COc1ccc(N2CCN(C(=O)[C@H]3[C@@H](C(=O)[O-])[C@@H]4C=C[C@@H]3C4)CC2)cc1. The average Bonchev–Trinajstić information content (AvgIpc) is 3.29. The minimum absolute atomic E-state index is 0.0227. The van der Waals surface area contributed by atoms with Crippen LogP contribution < -0.4 is 14.7 Å². The Morgan fingerprint density at radius 2 is 1.62 bits per heavy atom. The number of fused-ring (bicyclic) bond motifs is 2. The van der Waals surface area contributed by atoms with Gasteiger partial charge in [-0.25, -0.2) is 0 Å². The van der Waals surface area contributed by atoms with Crippen LogP contribution in [0.5, 0.6) is 5.75 Å². The Balaban J connectivity index is 1.40. The number of methoxy groups -OCH3 is 1. The van der Waals surface area contributed by atoms with Gasteiger partial charge in [-0.2, -0.15) is 0 Å². The van der Waals surface area contributed by atoms with E-state index in [9.17, 15) is 14.7 Å². The molecule has 0 unspecified atom stereocenters. The van der Waals surface area contributed by atoms with E-state index < -0.39 is 17.8 Å². The molecule has 6 nitrogen and oxygen atoms in total. The van der Waals surface area contributed by atoms with Crippen LogP contribution in [0.3, 0.4) is 0 Å². The maximum absolute atomic E-state index is 13.0. The normalized spacial score (nSPS) is 29.9. The Morgan fingerprint density at radius 3 is 2.19 bits per heavy atom. The van der Waals surface area contributed by atoms with Crippen LogP contribution in [0.4, 0.5) is 5.69 Å². The van der Waals surface area contributed by atoms with Crippen molar-refractivity contribution in [2.75, 3.05) is 38.2 Å². The van der Waals surface area contributed by atoms with Crippen molar-refractivity contribution in [2.45, 2.75) is 6.42 Å². The van der Waals surface area contributed by atoms with Crippen LogP contribution in [0.1, 0.15) is 6.42 Å². The third-order valence-electron chi connectivity index (χ3n) is 6.05. The van der Waals surface area contributed by atoms with Crippen molar-refractivity contribution in [3.63, 3.8) is 0 Å². The molecule has 1 aromatic carbocycles. The molecule has 0 aromatic heterocycles. The second-order valence-electron chi connectivity index (χ2n) is 7.33. The number of ether oxygens (including phenoxy) is 1. The second-order valence-corrected chi connectivity index (χ2v) is 7.33. The molecule has 2 aliphatic carbocycles. The van der Waals surface area contributed by atoms with Gasteiger partial charge in [0.2, 0.25) is 5.91 Å². The molecular formula is C20H23N2O4-. The molecule has 26 heavy (non-hydrogen) atoms. The van der Waals surface area contributed by atoms with Crippen LogP contribution in [0.15, 0.2) is 36.4 Å². The molecule has 4 atom stereocenters. The van der Waals surface area contributed by atoms with Gasteiger partial charge in [0.15, 0.2) is 0 Å². The highest BCUT2D eigenvalue weighted by atomic mass is 16.5. The first-order valence-electron chi connectivity index (χ1n) is 9.15. The Labute approximate surface area is 153 Å². The van der Waals surface area contributed by atoms with Gasteiger partial charge < -0.3 is 24.4 Å². The van der Waals surface area contributed by atoms with Gasteiger partial charge in [-0.05, 0) is 42.5 Å². The summed E-state index contributed by atoms with van der Waals surface area (Å²) in [6, 6.07) is 7.89. The fourth-order valence-corrected chi connectivity index (χ4v) is 4.67. The molecule has 1 saturated carbocycles. The van der Waals surface area contributed by atoms with Gasteiger partial charge in [-0.3, -0.25) is 4.79 Å². The van der Waals surface area contributed by atoms with Crippen molar-refractivity contribution in [1.29, 1.82) is 0 Å². The highest BCUT2D eigenvalue weighted by Gasteiger charge is 2.50. The number of amides is 1. The largest absolute Gasteiger partial charge is 0.550 e. The van der Waals surface area contributed by atoms with Gasteiger partial charge in [-0.15, -0.1) is 0 Å². The standard InChI is InChI=1S/C20H24N2O4/c1-26-16-6-4-15(5-7-16)21-8-10-22(11-9-21)19(23)17-13-2-3-14(12-13)18(17)20(24)25/h2-7,13-14,17-18H,8-12H2,1H3,(H,24,25)/p-1/t13-,14-,17-,18+/m1/s1. The number of hydrogen-bond donors (Lipinski definition) is 0. The first-order valence-corrected chi connectivity index (χ1v) is 9.15. The summed E-state index contributed by atoms with van der Waals surface area (Å²) < 4.78 is 5.19. The number of carbonyl (C=O) groups is 2. The Hall–Kier alpha value is -2.50. The number of benzene rings is 1. The predicted octanol–water partition coefficient (Wildman–Crippen LogP) is 0.532. The minimum Gasteiger partial charge on any atom is -0.550 e. The second kappa shape index (κ2) is 6.67. The van der Waals surface area contributed by atoms with E-state index in [0.717, 1.165) is 30.9 Å². The summed E-state index contributed by atoms with van der Waals surface area (Å²) in [6.45, 7) is 2.71. The number of carbonyl (C=O) groups excluding carboxylic acids is 2. The molecule has 1 aliphatic heterocycles. The maximum Gasteiger partial charge on any atom is 0.227 e. The van der Waals surface area contributed by atoms with E-state index in [1.54, 1.807) is 7.11 Å². The van der Waals surface area contributed by atoms with Gasteiger partial charge in [0.1, 0.15) is 5.75 Å². The number of nitrogens with zero attached hydrogens (tertiary/aromatic N) is 2. The molecule has 1 heterocycles. The average molecular weight is 355 g/mol. The fraction of sp³-hybridized carbons (Fsp3) is 0.500. The van der Waals surface area contributed by atoms with E-state index in [2.05, 4.69) is 4.90 Å². The van der Waals surface area contributed by atoms with Crippen LogP contribution in [-0.2, 0) is 9.59 Å². The summed E-state index contributed by atoms with van der Waals surface area (Å²) in [5.41, 5.74) is 1.10. The van der Waals surface area contributed by atoms with Crippen LogP contribution in [0.2, 0.25) is 0 Å². The Kier molecular flexibility index (Phi) is 4.34. The van der Waals surface area contributed by atoms with Crippen LogP contribution in [0.25, 0.3) is 0 Å². The molecule has 1 saturated heterocycles. The van der Waals surface area contributed by atoms with E-state index in [4.69, 9.17) is 4.74 Å². The summed E-state index contributed by atoms with van der Waals surface area (Å²) in [7, 11) is 1.64. The fourth-order valence-electron chi connectivity index (χ4n) is 4.67. The monoisotopic (exact) mass is 355 g/mol. The van der Waals surface area contributed by atoms with Crippen molar-refractivity contribution < 1.29 is 19.4 Å². The van der Waals surface area contributed by atoms with E-state index in [1.165, 1.54) is 0 Å². The maximum atomic E-state index is 13.0. The van der Waals surface area contributed by atoms with Gasteiger partial charge in [0, 0.05) is 43.8 Å². The van der Waals surface area contributed by atoms with E-state index >= 15 is 0 Å². The van der Waals surface area contributed by atoms with E-state index in [0.29, 0.717) is 13.1 Å².